The van der Waals surface area contributed by atoms with Crippen LogP contribution in [-0.2, 0) is 4.74 Å². The van der Waals surface area contributed by atoms with Gasteiger partial charge in [0.1, 0.15) is 0 Å². The quantitative estimate of drug-likeness (QED) is 0.873. The minimum absolute atomic E-state index is 0.00398. The Kier molecular flexibility index (Phi) is 5.09. The SMILES string of the molecule is COCCN(CCN)C(=O)c1cccc2ccccc12. The van der Waals surface area contributed by atoms with Crippen molar-refractivity contribution in [2.45, 2.75) is 0 Å². The van der Waals surface area contributed by atoms with Crippen molar-refractivity contribution in [1.29, 1.82) is 0 Å². The van der Waals surface area contributed by atoms with Crippen molar-refractivity contribution in [2.75, 3.05) is 33.4 Å². The summed E-state index contributed by atoms with van der Waals surface area (Å²) < 4.78 is 5.06. The van der Waals surface area contributed by atoms with E-state index in [1.54, 1.807) is 12.0 Å². The summed E-state index contributed by atoms with van der Waals surface area (Å²) >= 11 is 0. The molecule has 0 spiro atoms. The van der Waals surface area contributed by atoms with Crippen molar-refractivity contribution < 1.29 is 9.53 Å². The van der Waals surface area contributed by atoms with Gasteiger partial charge in [0.15, 0.2) is 0 Å². The molecule has 0 heterocycles. The van der Waals surface area contributed by atoms with E-state index in [-0.39, 0.29) is 5.91 Å². The van der Waals surface area contributed by atoms with E-state index in [4.69, 9.17) is 10.5 Å². The maximum absolute atomic E-state index is 12.7. The minimum Gasteiger partial charge on any atom is -0.383 e. The van der Waals surface area contributed by atoms with Gasteiger partial charge in [-0.3, -0.25) is 4.79 Å². The Hall–Kier alpha value is -1.91. The molecule has 0 saturated carbocycles. The highest BCUT2D eigenvalue weighted by atomic mass is 16.5. The third kappa shape index (κ3) is 3.15. The largest absolute Gasteiger partial charge is 0.383 e. The molecule has 20 heavy (non-hydrogen) atoms. The van der Waals surface area contributed by atoms with E-state index in [1.807, 2.05) is 42.5 Å². The number of carbonyl (C=O) groups is 1. The predicted octanol–water partition coefficient (Wildman–Crippen LogP) is 1.89. The van der Waals surface area contributed by atoms with Crippen LogP contribution in [0.5, 0.6) is 0 Å². The Morgan fingerprint density at radius 3 is 2.65 bits per heavy atom. The van der Waals surface area contributed by atoms with E-state index in [1.165, 1.54) is 0 Å². The molecule has 2 aromatic carbocycles. The fraction of sp³-hybridized carbons (Fsp3) is 0.312. The Balaban J connectivity index is 2.33. The van der Waals surface area contributed by atoms with Crippen molar-refractivity contribution in [1.82, 2.24) is 4.90 Å². The molecule has 4 nitrogen and oxygen atoms in total. The Morgan fingerprint density at radius 1 is 1.15 bits per heavy atom. The Bertz CT molecular complexity index is 578. The monoisotopic (exact) mass is 272 g/mol. The first-order valence-corrected chi connectivity index (χ1v) is 6.74. The molecular weight excluding hydrogens is 252 g/mol. The van der Waals surface area contributed by atoms with E-state index in [0.29, 0.717) is 31.8 Å². The van der Waals surface area contributed by atoms with Gasteiger partial charge in [-0.05, 0) is 16.8 Å². The minimum atomic E-state index is 0.00398. The van der Waals surface area contributed by atoms with Gasteiger partial charge in [-0.25, -0.2) is 0 Å². The second-order valence-electron chi connectivity index (χ2n) is 4.60. The average molecular weight is 272 g/mol. The molecule has 1 amide bonds. The van der Waals surface area contributed by atoms with Crippen molar-refractivity contribution in [3.05, 3.63) is 48.0 Å². The highest BCUT2D eigenvalue weighted by Gasteiger charge is 2.16. The molecule has 0 atom stereocenters. The maximum atomic E-state index is 12.7. The molecule has 0 saturated heterocycles. The highest BCUT2D eigenvalue weighted by molar-refractivity contribution is 6.07. The number of carbonyl (C=O) groups excluding carboxylic acids is 1. The first-order chi connectivity index (χ1) is 9.77. The molecular formula is C16H20N2O2. The second-order valence-corrected chi connectivity index (χ2v) is 4.60. The molecule has 0 radical (unpaired) electrons. The van der Waals surface area contributed by atoms with Crippen molar-refractivity contribution in [3.8, 4) is 0 Å². The van der Waals surface area contributed by atoms with Crippen LogP contribution in [0.3, 0.4) is 0 Å². The van der Waals surface area contributed by atoms with E-state index < -0.39 is 0 Å². The van der Waals surface area contributed by atoms with Crippen molar-refractivity contribution in [2.24, 2.45) is 5.73 Å². The molecule has 0 aliphatic heterocycles. The molecule has 0 fully saturated rings. The van der Waals surface area contributed by atoms with Crippen LogP contribution in [0.4, 0.5) is 0 Å². The number of nitrogens with two attached hydrogens (primary N) is 1. The summed E-state index contributed by atoms with van der Waals surface area (Å²) in [6.45, 7) is 2.04. The summed E-state index contributed by atoms with van der Waals surface area (Å²) in [7, 11) is 1.63. The van der Waals surface area contributed by atoms with E-state index >= 15 is 0 Å². The predicted molar refractivity (Wildman–Crippen MR) is 80.8 cm³/mol. The van der Waals surface area contributed by atoms with Crippen molar-refractivity contribution in [3.63, 3.8) is 0 Å². The van der Waals surface area contributed by atoms with Crippen LogP contribution in [0.2, 0.25) is 0 Å². The summed E-state index contributed by atoms with van der Waals surface area (Å²) in [4.78, 5) is 14.4. The lowest BCUT2D eigenvalue weighted by atomic mass is 10.0. The second kappa shape index (κ2) is 7.03. The number of amides is 1. The molecule has 0 unspecified atom stereocenters. The lowest BCUT2D eigenvalue weighted by Gasteiger charge is -2.22. The van der Waals surface area contributed by atoms with E-state index in [2.05, 4.69) is 0 Å². The van der Waals surface area contributed by atoms with Gasteiger partial charge in [0.25, 0.3) is 5.91 Å². The first-order valence-electron chi connectivity index (χ1n) is 6.74. The van der Waals surface area contributed by atoms with E-state index in [9.17, 15) is 4.79 Å². The highest BCUT2D eigenvalue weighted by Crippen LogP contribution is 2.19. The van der Waals surface area contributed by atoms with Crippen LogP contribution < -0.4 is 5.73 Å². The third-order valence-corrected chi connectivity index (χ3v) is 3.27. The van der Waals surface area contributed by atoms with Crippen LogP contribution >= 0.6 is 0 Å². The number of nitrogens with zero attached hydrogens (tertiary/aromatic N) is 1. The Morgan fingerprint density at radius 2 is 1.90 bits per heavy atom. The van der Waals surface area contributed by atoms with Crippen molar-refractivity contribution >= 4 is 16.7 Å². The number of methoxy groups -OCH3 is 1. The van der Waals surface area contributed by atoms with Gasteiger partial charge in [-0.1, -0.05) is 36.4 Å². The maximum Gasteiger partial charge on any atom is 0.254 e. The van der Waals surface area contributed by atoms with Crippen LogP contribution in [-0.4, -0.2) is 44.2 Å². The molecule has 2 aromatic rings. The number of benzene rings is 2. The van der Waals surface area contributed by atoms with Crippen LogP contribution in [0.25, 0.3) is 10.8 Å². The number of ether oxygens (including phenoxy) is 1. The molecule has 0 aliphatic rings. The first kappa shape index (κ1) is 14.5. The van der Waals surface area contributed by atoms with Crippen LogP contribution in [0.1, 0.15) is 10.4 Å². The molecule has 0 bridgehead atoms. The number of hydrogen-bond donors (Lipinski definition) is 1. The normalized spacial score (nSPS) is 10.7. The van der Waals surface area contributed by atoms with Gasteiger partial charge in [0.05, 0.1) is 6.61 Å². The molecule has 106 valence electrons. The molecule has 0 aliphatic carbocycles. The van der Waals surface area contributed by atoms with Gasteiger partial charge in [0.2, 0.25) is 0 Å². The summed E-state index contributed by atoms with van der Waals surface area (Å²) in [5.74, 6) is 0.00398. The standard InChI is InChI=1S/C16H20N2O2/c1-20-12-11-18(10-9-17)16(19)15-8-4-6-13-5-2-3-7-14(13)15/h2-8H,9-12,17H2,1H3. The number of fused-ring (bicyclic) bond motifs is 1. The zero-order valence-corrected chi connectivity index (χ0v) is 11.7. The number of rotatable bonds is 6. The van der Waals surface area contributed by atoms with Gasteiger partial charge in [-0.15, -0.1) is 0 Å². The topological polar surface area (TPSA) is 55.6 Å². The lowest BCUT2D eigenvalue weighted by molar-refractivity contribution is 0.0703. The molecule has 2 N–H and O–H groups in total. The average Bonchev–Trinajstić information content (AvgIpc) is 2.50. The fourth-order valence-electron chi connectivity index (χ4n) is 2.25. The molecule has 0 aromatic heterocycles. The third-order valence-electron chi connectivity index (χ3n) is 3.27. The summed E-state index contributed by atoms with van der Waals surface area (Å²) in [5.41, 5.74) is 6.31. The van der Waals surface area contributed by atoms with Crippen LogP contribution in [0.15, 0.2) is 42.5 Å². The van der Waals surface area contributed by atoms with Gasteiger partial charge in [0, 0.05) is 32.3 Å². The summed E-state index contributed by atoms with van der Waals surface area (Å²) in [6, 6.07) is 13.7. The van der Waals surface area contributed by atoms with Crippen LogP contribution in [0, 0.1) is 0 Å². The molecule has 4 heteroatoms. The van der Waals surface area contributed by atoms with Gasteiger partial charge >= 0.3 is 0 Å². The number of hydrogen-bond acceptors (Lipinski definition) is 3. The summed E-state index contributed by atoms with van der Waals surface area (Å²) in [6.07, 6.45) is 0. The van der Waals surface area contributed by atoms with Gasteiger partial charge in [-0.2, -0.15) is 0 Å². The fourth-order valence-corrected chi connectivity index (χ4v) is 2.25. The lowest BCUT2D eigenvalue weighted by Crippen LogP contribution is -2.37. The Labute approximate surface area is 119 Å². The van der Waals surface area contributed by atoms with Gasteiger partial charge < -0.3 is 15.4 Å². The smallest absolute Gasteiger partial charge is 0.254 e. The zero-order valence-electron chi connectivity index (χ0n) is 11.7. The molecule has 2 rings (SSSR count). The van der Waals surface area contributed by atoms with E-state index in [0.717, 1.165) is 10.8 Å². The summed E-state index contributed by atoms with van der Waals surface area (Å²) in [5, 5.41) is 2.04. The zero-order chi connectivity index (χ0) is 14.4.